The van der Waals surface area contributed by atoms with Gasteiger partial charge in [-0.25, -0.2) is 14.4 Å². The summed E-state index contributed by atoms with van der Waals surface area (Å²) in [6.45, 7) is 11.0. The van der Waals surface area contributed by atoms with Crippen LogP contribution in [0.1, 0.15) is 95.2 Å². The van der Waals surface area contributed by atoms with Crippen molar-refractivity contribution in [1.82, 2.24) is 0 Å². The van der Waals surface area contributed by atoms with E-state index in [4.69, 9.17) is 42.6 Å². The van der Waals surface area contributed by atoms with E-state index in [1.165, 1.54) is 18.2 Å². The molecule has 63 heavy (non-hydrogen) atoms. The van der Waals surface area contributed by atoms with Gasteiger partial charge in [0.1, 0.15) is 23.4 Å². The van der Waals surface area contributed by atoms with Crippen LogP contribution in [0.25, 0.3) is 18.2 Å². The number of carbonyl (C=O) groups excluding carboxylic acids is 3. The maximum Gasteiger partial charge on any atom is 0.330 e. The topological polar surface area (TPSA) is 134 Å². The van der Waals surface area contributed by atoms with E-state index in [1.807, 2.05) is 72.8 Å². The van der Waals surface area contributed by atoms with E-state index in [0.29, 0.717) is 72.7 Å². The van der Waals surface area contributed by atoms with Gasteiger partial charge in [0, 0.05) is 38.0 Å². The first-order valence-corrected chi connectivity index (χ1v) is 22.4. The highest BCUT2D eigenvalue weighted by Gasteiger charge is 2.11. The predicted molar refractivity (Wildman–Crippen MR) is 246 cm³/mol. The number of ether oxygens (including phenoxy) is 9. The molecule has 0 saturated heterocycles. The molecule has 0 saturated carbocycles. The Balaban J connectivity index is 1.30. The number of esters is 3. The van der Waals surface area contributed by atoms with Gasteiger partial charge < -0.3 is 42.6 Å². The lowest BCUT2D eigenvalue weighted by Gasteiger charge is -2.18. The van der Waals surface area contributed by atoms with Crippen LogP contribution in [0.3, 0.4) is 0 Å². The van der Waals surface area contributed by atoms with Crippen molar-refractivity contribution >= 4 is 36.1 Å². The fourth-order valence-corrected chi connectivity index (χ4v) is 5.83. The Hall–Kier alpha value is -5.43. The minimum atomic E-state index is -0.357. The summed E-state index contributed by atoms with van der Waals surface area (Å²) in [5, 5.41) is 0. The van der Waals surface area contributed by atoms with Crippen molar-refractivity contribution in [3.63, 3.8) is 0 Å². The van der Waals surface area contributed by atoms with Crippen molar-refractivity contribution in [2.75, 3.05) is 72.7 Å². The van der Waals surface area contributed by atoms with Crippen molar-refractivity contribution in [3.05, 3.63) is 108 Å². The number of benzene rings is 3. The Bertz CT molecular complexity index is 1660. The van der Waals surface area contributed by atoms with E-state index in [0.717, 1.165) is 91.7 Å². The van der Waals surface area contributed by atoms with Crippen molar-refractivity contribution in [2.45, 2.75) is 84.7 Å². The molecule has 0 spiro atoms. The Morgan fingerprint density at radius 1 is 0.413 bits per heavy atom. The molecule has 0 aromatic heterocycles. The highest BCUT2D eigenvalue weighted by atomic mass is 16.6. The molecule has 0 N–H and O–H groups in total. The van der Waals surface area contributed by atoms with Crippen LogP contribution in [-0.4, -0.2) is 96.7 Å². The lowest BCUT2D eigenvalue weighted by atomic mass is 10.2. The Labute approximate surface area is 374 Å². The summed E-state index contributed by atoms with van der Waals surface area (Å²) < 4.78 is 50.8. The summed E-state index contributed by atoms with van der Waals surface area (Å²) in [7, 11) is 0. The van der Waals surface area contributed by atoms with Gasteiger partial charge in [-0.05, 0) is 150 Å². The molecule has 0 fully saturated rings. The number of unbranched alkanes of at least 4 members (excludes halogenated alkanes) is 6. The van der Waals surface area contributed by atoms with Gasteiger partial charge in [-0.1, -0.05) is 36.4 Å². The zero-order valence-corrected chi connectivity index (χ0v) is 37.5. The molecule has 0 bridgehead atoms. The van der Waals surface area contributed by atoms with Crippen molar-refractivity contribution in [3.8, 4) is 17.2 Å². The molecule has 0 radical (unpaired) electrons. The zero-order valence-electron chi connectivity index (χ0n) is 37.5. The molecule has 0 aliphatic rings. The minimum Gasteiger partial charge on any atom is -0.494 e. The number of hydrogen-bond acceptors (Lipinski definition) is 12. The molecule has 0 aliphatic heterocycles. The molecule has 3 aromatic rings. The van der Waals surface area contributed by atoms with Crippen LogP contribution in [0.15, 0.2) is 91.0 Å². The van der Waals surface area contributed by atoms with Crippen LogP contribution >= 0.6 is 0 Å². The Kier molecular flexibility index (Phi) is 28.1. The van der Waals surface area contributed by atoms with Gasteiger partial charge >= 0.3 is 17.9 Å². The van der Waals surface area contributed by atoms with Crippen LogP contribution in [-0.2, 0) is 42.8 Å². The maximum absolute atomic E-state index is 11.5. The maximum atomic E-state index is 11.5. The van der Waals surface area contributed by atoms with Gasteiger partial charge in [0.25, 0.3) is 0 Å². The third-order valence-corrected chi connectivity index (χ3v) is 9.16. The predicted octanol–water partition coefficient (Wildman–Crippen LogP) is 9.88. The first-order chi connectivity index (χ1) is 30.9. The molecule has 12 nitrogen and oxygen atoms in total. The molecule has 0 unspecified atom stereocenters. The molecule has 0 aliphatic carbocycles. The molecule has 3 aromatic carbocycles. The Morgan fingerprint density at radius 3 is 1.03 bits per heavy atom. The van der Waals surface area contributed by atoms with Crippen molar-refractivity contribution < 1.29 is 57.0 Å². The van der Waals surface area contributed by atoms with E-state index >= 15 is 0 Å². The average molecular weight is 873 g/mol. The molecule has 344 valence electrons. The molecular weight excluding hydrogens is 805 g/mol. The first kappa shape index (κ1) is 51.9. The van der Waals surface area contributed by atoms with Crippen molar-refractivity contribution in [1.29, 1.82) is 0 Å². The first-order valence-electron chi connectivity index (χ1n) is 22.4. The zero-order chi connectivity index (χ0) is 45.0. The van der Waals surface area contributed by atoms with Crippen molar-refractivity contribution in [2.24, 2.45) is 0 Å². The largest absolute Gasteiger partial charge is 0.494 e. The monoisotopic (exact) mass is 872 g/mol. The number of rotatable bonds is 35. The Morgan fingerprint density at radius 2 is 0.714 bits per heavy atom. The van der Waals surface area contributed by atoms with Crippen LogP contribution in [0.4, 0.5) is 0 Å². The lowest BCUT2D eigenvalue weighted by Crippen LogP contribution is -2.27. The standard InChI is InChI=1S/C51H68O12/c1-4-57-49(52)31-22-42-16-25-45(26-17-42)60-36-12-7-10-34-55-40-48(63-39-15-9-14-38-62-47-29-20-44(21-30-47)24-33-51(54)59-6-3)41-56-35-11-8-13-37-61-46-27-18-43(19-28-46)23-32-50(53)58-5-2/h16-33,48H,4-15,34-41H2,1-3H3. The van der Waals surface area contributed by atoms with E-state index in [2.05, 4.69) is 0 Å². The number of hydrogen-bond donors (Lipinski definition) is 0. The molecule has 12 heteroatoms. The van der Waals surface area contributed by atoms with Gasteiger partial charge in [0.2, 0.25) is 0 Å². The smallest absolute Gasteiger partial charge is 0.330 e. The second-order valence-corrected chi connectivity index (χ2v) is 14.3. The van der Waals surface area contributed by atoms with Gasteiger partial charge in [0.15, 0.2) is 0 Å². The minimum absolute atomic E-state index is 0.158. The molecule has 0 atom stereocenters. The lowest BCUT2D eigenvalue weighted by molar-refractivity contribution is -0.138. The second-order valence-electron chi connectivity index (χ2n) is 14.3. The van der Waals surface area contributed by atoms with Crippen LogP contribution < -0.4 is 14.2 Å². The van der Waals surface area contributed by atoms with Crippen LogP contribution in [0, 0.1) is 0 Å². The molecule has 0 heterocycles. The molecule has 0 amide bonds. The highest BCUT2D eigenvalue weighted by Crippen LogP contribution is 2.17. The quantitative estimate of drug-likeness (QED) is 0.0241. The third kappa shape index (κ3) is 26.0. The summed E-state index contributed by atoms with van der Waals surface area (Å²) in [6, 6.07) is 22.8. The van der Waals surface area contributed by atoms with E-state index in [-0.39, 0.29) is 24.0 Å². The van der Waals surface area contributed by atoms with Crippen LogP contribution in [0.2, 0.25) is 0 Å². The molecular formula is C51H68O12. The van der Waals surface area contributed by atoms with E-state index < -0.39 is 0 Å². The summed E-state index contributed by atoms with van der Waals surface area (Å²) in [4.78, 5) is 34.6. The van der Waals surface area contributed by atoms with Crippen LogP contribution in [0.5, 0.6) is 17.2 Å². The average Bonchev–Trinajstić information content (AvgIpc) is 3.29. The van der Waals surface area contributed by atoms with Gasteiger partial charge in [-0.15, -0.1) is 0 Å². The number of carbonyl (C=O) groups is 3. The van der Waals surface area contributed by atoms with Gasteiger partial charge in [-0.2, -0.15) is 0 Å². The third-order valence-electron chi connectivity index (χ3n) is 9.16. The van der Waals surface area contributed by atoms with E-state index in [1.54, 1.807) is 39.0 Å². The normalized spacial score (nSPS) is 11.9. The van der Waals surface area contributed by atoms with Gasteiger partial charge in [0.05, 0.1) is 52.9 Å². The summed E-state index contributed by atoms with van der Waals surface area (Å²) >= 11 is 0. The fourth-order valence-electron chi connectivity index (χ4n) is 5.83. The second kappa shape index (κ2) is 34.1. The molecule has 3 rings (SSSR count). The summed E-state index contributed by atoms with van der Waals surface area (Å²) in [5.74, 6) is 1.30. The van der Waals surface area contributed by atoms with E-state index in [9.17, 15) is 14.4 Å². The van der Waals surface area contributed by atoms with Gasteiger partial charge in [-0.3, -0.25) is 0 Å². The summed E-state index contributed by atoms with van der Waals surface area (Å²) in [5.41, 5.74) is 2.70. The fraction of sp³-hybridized carbons (Fsp3) is 0.471. The SMILES string of the molecule is CCOC(=O)C=Cc1ccc(OCCCCCOCC(COCCCCCOc2ccc(C=CC(=O)OCC)cc2)OCCCCCOc2ccc(C=CC(=O)OCC)cc2)cc1. The summed E-state index contributed by atoms with van der Waals surface area (Å²) in [6.07, 6.45) is 17.6. The highest BCUT2D eigenvalue weighted by molar-refractivity contribution is 5.88.